The third-order valence-electron chi connectivity index (χ3n) is 6.08. The lowest BCUT2D eigenvalue weighted by Crippen LogP contribution is -2.52. The summed E-state index contributed by atoms with van der Waals surface area (Å²) in [7, 11) is 0. The minimum atomic E-state index is -0.618. The van der Waals surface area contributed by atoms with Crippen molar-refractivity contribution in [3.05, 3.63) is 76.6 Å². The van der Waals surface area contributed by atoms with Gasteiger partial charge in [0.2, 0.25) is 0 Å². The Hall–Kier alpha value is -2.54. The zero-order valence-electron chi connectivity index (χ0n) is 19.7. The van der Waals surface area contributed by atoms with E-state index in [1.165, 1.54) is 6.08 Å². The standard InChI is InChI=1S/C27H34FNO4/c1-4-32-27(31)12-11-22-7-5-6-8-25(22)20(3)33-18-24(30)17-29-14-13-23(29)15-21-10-9-19(2)26(28)16-21/h5-12,16,20,23-24,30H,4,13-15,17-18H2,1-3H3/b12-11+/t20-,23+,24-/m1/s1. The van der Waals surface area contributed by atoms with E-state index in [4.69, 9.17) is 9.47 Å². The second-order valence-electron chi connectivity index (χ2n) is 8.57. The zero-order valence-corrected chi connectivity index (χ0v) is 19.7. The number of nitrogens with zero attached hydrogens (tertiary/aromatic N) is 1. The van der Waals surface area contributed by atoms with Crippen LogP contribution in [-0.4, -0.2) is 54.4 Å². The second-order valence-corrected chi connectivity index (χ2v) is 8.57. The number of aliphatic hydroxyl groups is 1. The average Bonchev–Trinajstić information content (AvgIpc) is 2.80. The van der Waals surface area contributed by atoms with Crippen molar-refractivity contribution >= 4 is 12.0 Å². The second kappa shape index (κ2) is 12.1. The summed E-state index contributed by atoms with van der Waals surface area (Å²) < 4.78 is 24.7. The Morgan fingerprint density at radius 1 is 1.30 bits per heavy atom. The Morgan fingerprint density at radius 3 is 2.79 bits per heavy atom. The predicted molar refractivity (Wildman–Crippen MR) is 127 cm³/mol. The first-order valence-electron chi connectivity index (χ1n) is 11.6. The Morgan fingerprint density at radius 2 is 2.09 bits per heavy atom. The van der Waals surface area contributed by atoms with Gasteiger partial charge in [0.05, 0.1) is 25.4 Å². The molecule has 33 heavy (non-hydrogen) atoms. The first-order valence-corrected chi connectivity index (χ1v) is 11.6. The highest BCUT2D eigenvalue weighted by atomic mass is 19.1. The fourth-order valence-electron chi connectivity index (χ4n) is 4.05. The molecule has 1 fully saturated rings. The molecule has 3 rings (SSSR count). The van der Waals surface area contributed by atoms with Crippen molar-refractivity contribution in [3.63, 3.8) is 0 Å². The van der Waals surface area contributed by atoms with Crippen LogP contribution < -0.4 is 0 Å². The Bertz CT molecular complexity index is 961. The molecule has 1 saturated heterocycles. The van der Waals surface area contributed by atoms with Gasteiger partial charge in [-0.05, 0) is 68.0 Å². The number of hydrogen-bond acceptors (Lipinski definition) is 5. The maximum Gasteiger partial charge on any atom is 0.330 e. The fraction of sp³-hybridized carbons (Fsp3) is 0.444. The number of aliphatic hydroxyl groups excluding tert-OH is 1. The number of carbonyl (C=O) groups is 1. The SMILES string of the molecule is CCOC(=O)/C=C/c1ccccc1[C@@H](C)OC[C@H](O)CN1CC[C@H]1Cc1ccc(C)c(F)c1. The monoisotopic (exact) mass is 455 g/mol. The van der Waals surface area contributed by atoms with E-state index in [0.29, 0.717) is 24.8 Å². The third-order valence-corrected chi connectivity index (χ3v) is 6.08. The molecule has 3 atom stereocenters. The van der Waals surface area contributed by atoms with Gasteiger partial charge in [-0.3, -0.25) is 4.90 Å². The quantitative estimate of drug-likeness (QED) is 0.400. The number of β-amino-alcohol motifs (C(OH)–C–C–N with tert-alkyl or cyclic N) is 1. The minimum absolute atomic E-state index is 0.168. The van der Waals surface area contributed by atoms with Gasteiger partial charge in [-0.25, -0.2) is 9.18 Å². The van der Waals surface area contributed by atoms with Crippen LogP contribution in [0.4, 0.5) is 4.39 Å². The molecule has 178 valence electrons. The normalized spacial score (nSPS) is 18.2. The van der Waals surface area contributed by atoms with Gasteiger partial charge in [-0.2, -0.15) is 0 Å². The van der Waals surface area contributed by atoms with E-state index >= 15 is 0 Å². The first-order chi connectivity index (χ1) is 15.9. The topological polar surface area (TPSA) is 59.0 Å². The number of rotatable bonds is 11. The molecular weight excluding hydrogens is 421 g/mol. The van der Waals surface area contributed by atoms with Crippen molar-refractivity contribution in [1.29, 1.82) is 0 Å². The van der Waals surface area contributed by atoms with Crippen molar-refractivity contribution in [1.82, 2.24) is 4.90 Å². The van der Waals surface area contributed by atoms with Crippen molar-refractivity contribution < 1.29 is 23.8 Å². The molecule has 0 unspecified atom stereocenters. The van der Waals surface area contributed by atoms with Gasteiger partial charge in [0, 0.05) is 25.2 Å². The Labute approximate surface area is 195 Å². The summed E-state index contributed by atoms with van der Waals surface area (Å²) in [5.41, 5.74) is 3.46. The van der Waals surface area contributed by atoms with E-state index in [-0.39, 0.29) is 24.5 Å². The van der Waals surface area contributed by atoms with E-state index in [1.807, 2.05) is 43.3 Å². The van der Waals surface area contributed by atoms with Crippen LogP contribution in [0, 0.1) is 12.7 Å². The summed E-state index contributed by atoms with van der Waals surface area (Å²) >= 11 is 0. The Balaban J connectivity index is 1.49. The highest BCUT2D eigenvalue weighted by Crippen LogP contribution is 2.25. The molecular formula is C27H34FNO4. The molecule has 0 radical (unpaired) electrons. The number of ether oxygens (including phenoxy) is 2. The van der Waals surface area contributed by atoms with Crippen molar-refractivity contribution in [2.75, 3.05) is 26.3 Å². The number of benzene rings is 2. The van der Waals surface area contributed by atoms with E-state index < -0.39 is 6.10 Å². The van der Waals surface area contributed by atoms with E-state index in [0.717, 1.165) is 36.1 Å². The van der Waals surface area contributed by atoms with Crippen LogP contribution in [0.3, 0.4) is 0 Å². The first kappa shape index (κ1) is 25.1. The molecule has 1 heterocycles. The molecule has 0 aromatic heterocycles. The smallest absolute Gasteiger partial charge is 0.330 e. The number of hydrogen-bond donors (Lipinski definition) is 1. The predicted octanol–water partition coefficient (Wildman–Crippen LogP) is 4.47. The van der Waals surface area contributed by atoms with Crippen LogP contribution in [0.5, 0.6) is 0 Å². The number of halogens is 1. The van der Waals surface area contributed by atoms with Crippen LogP contribution in [0.25, 0.3) is 6.08 Å². The lowest BCUT2D eigenvalue weighted by Gasteiger charge is -2.42. The van der Waals surface area contributed by atoms with E-state index in [1.54, 1.807) is 26.0 Å². The fourth-order valence-corrected chi connectivity index (χ4v) is 4.05. The lowest BCUT2D eigenvalue weighted by molar-refractivity contribution is -0.137. The molecule has 1 aliphatic rings. The van der Waals surface area contributed by atoms with E-state index in [9.17, 15) is 14.3 Å². The lowest BCUT2D eigenvalue weighted by atomic mass is 9.94. The highest BCUT2D eigenvalue weighted by molar-refractivity contribution is 5.87. The van der Waals surface area contributed by atoms with Gasteiger partial charge in [0.1, 0.15) is 5.82 Å². The molecule has 0 bridgehead atoms. The van der Waals surface area contributed by atoms with Gasteiger partial charge < -0.3 is 14.6 Å². The molecule has 0 saturated carbocycles. The molecule has 2 aromatic carbocycles. The van der Waals surface area contributed by atoms with Gasteiger partial charge >= 0.3 is 5.97 Å². The van der Waals surface area contributed by atoms with Crippen LogP contribution in [-0.2, 0) is 20.7 Å². The Kier molecular flexibility index (Phi) is 9.18. The summed E-state index contributed by atoms with van der Waals surface area (Å²) in [6.45, 7) is 7.46. The average molecular weight is 456 g/mol. The van der Waals surface area contributed by atoms with Crippen LogP contribution in [0.1, 0.15) is 48.6 Å². The maximum atomic E-state index is 13.8. The van der Waals surface area contributed by atoms with Crippen LogP contribution in [0.15, 0.2) is 48.5 Å². The van der Waals surface area contributed by atoms with Crippen molar-refractivity contribution in [2.45, 2.75) is 51.9 Å². The van der Waals surface area contributed by atoms with Gasteiger partial charge in [-0.15, -0.1) is 0 Å². The molecule has 6 heteroatoms. The van der Waals surface area contributed by atoms with Gasteiger partial charge in [0.15, 0.2) is 0 Å². The molecule has 5 nitrogen and oxygen atoms in total. The minimum Gasteiger partial charge on any atom is -0.463 e. The van der Waals surface area contributed by atoms with Gasteiger partial charge in [0.25, 0.3) is 0 Å². The molecule has 0 aliphatic carbocycles. The molecule has 0 spiro atoms. The number of esters is 1. The molecule has 0 amide bonds. The summed E-state index contributed by atoms with van der Waals surface area (Å²) in [6.07, 6.45) is 4.09. The summed E-state index contributed by atoms with van der Waals surface area (Å²) in [4.78, 5) is 13.9. The van der Waals surface area contributed by atoms with Crippen LogP contribution >= 0.6 is 0 Å². The van der Waals surface area contributed by atoms with Gasteiger partial charge in [-0.1, -0.05) is 36.4 Å². The maximum absolute atomic E-state index is 13.8. The third kappa shape index (κ3) is 7.22. The van der Waals surface area contributed by atoms with Crippen molar-refractivity contribution in [3.8, 4) is 0 Å². The number of aryl methyl sites for hydroxylation is 1. The summed E-state index contributed by atoms with van der Waals surface area (Å²) in [5.74, 6) is -0.549. The molecule has 1 N–H and O–H groups in total. The number of likely N-dealkylation sites (tertiary alicyclic amines) is 1. The van der Waals surface area contributed by atoms with Crippen molar-refractivity contribution in [2.24, 2.45) is 0 Å². The summed E-state index contributed by atoms with van der Waals surface area (Å²) in [5, 5.41) is 10.5. The largest absolute Gasteiger partial charge is 0.463 e. The number of carbonyl (C=O) groups excluding carboxylic acids is 1. The van der Waals surface area contributed by atoms with Crippen LogP contribution in [0.2, 0.25) is 0 Å². The molecule has 1 aliphatic heterocycles. The zero-order chi connectivity index (χ0) is 23.8. The highest BCUT2D eigenvalue weighted by Gasteiger charge is 2.29. The summed E-state index contributed by atoms with van der Waals surface area (Å²) in [6, 6.07) is 13.4. The van der Waals surface area contributed by atoms with E-state index in [2.05, 4.69) is 4.90 Å². The molecule has 2 aromatic rings.